The van der Waals surface area contributed by atoms with Crippen LogP contribution in [0.2, 0.25) is 5.02 Å². The van der Waals surface area contributed by atoms with Gasteiger partial charge < -0.3 is 10.1 Å². The van der Waals surface area contributed by atoms with Crippen molar-refractivity contribution >= 4 is 27.5 Å². The number of carbonyl (C=O) groups is 1. The summed E-state index contributed by atoms with van der Waals surface area (Å²) in [7, 11) is 0.928. The van der Waals surface area contributed by atoms with Crippen LogP contribution in [0.15, 0.2) is 53.4 Å². The molecule has 0 heterocycles. The highest BCUT2D eigenvalue weighted by Crippen LogP contribution is 2.24. The van der Waals surface area contributed by atoms with Crippen molar-refractivity contribution in [3.8, 4) is 0 Å². The summed E-state index contributed by atoms with van der Waals surface area (Å²) in [6.07, 6.45) is -0.388. The molecule has 0 fully saturated rings. The molecule has 0 bridgehead atoms. The van der Waals surface area contributed by atoms with E-state index < -0.39 is 10.0 Å². The zero-order chi connectivity index (χ0) is 19.3. The monoisotopic (exact) mass is 396 g/mol. The summed E-state index contributed by atoms with van der Waals surface area (Å²) in [4.78, 5) is 12.4. The van der Waals surface area contributed by atoms with Gasteiger partial charge in [0.05, 0.1) is 4.90 Å². The van der Waals surface area contributed by atoms with E-state index in [2.05, 4.69) is 5.32 Å². The van der Waals surface area contributed by atoms with Crippen molar-refractivity contribution in [3.63, 3.8) is 0 Å². The van der Waals surface area contributed by atoms with E-state index in [0.717, 1.165) is 9.87 Å². The number of rotatable bonds is 7. The lowest BCUT2D eigenvalue weighted by atomic mass is 10.1. The maximum atomic E-state index is 12.3. The number of nitrogens with one attached hydrogen (secondary N) is 1. The molecule has 0 aliphatic rings. The number of halogens is 1. The zero-order valence-corrected chi connectivity index (χ0v) is 16.3. The van der Waals surface area contributed by atoms with Crippen LogP contribution in [0.1, 0.15) is 22.0 Å². The molecule has 2 aromatic carbocycles. The number of amides is 1. The van der Waals surface area contributed by atoms with E-state index >= 15 is 0 Å². The molecule has 0 aliphatic heterocycles. The number of benzene rings is 2. The highest BCUT2D eigenvalue weighted by Gasteiger charge is 2.18. The molecular formula is C18H21ClN2O4S. The summed E-state index contributed by atoms with van der Waals surface area (Å²) >= 11 is 6.16. The molecule has 26 heavy (non-hydrogen) atoms. The van der Waals surface area contributed by atoms with Crippen molar-refractivity contribution in [2.24, 2.45) is 0 Å². The molecule has 2 rings (SSSR count). The molecule has 0 spiro atoms. The third-order valence-electron chi connectivity index (χ3n) is 3.88. The lowest BCUT2D eigenvalue weighted by Crippen LogP contribution is -2.29. The largest absolute Gasteiger partial charge is 0.375 e. The number of methoxy groups -OCH3 is 1. The van der Waals surface area contributed by atoms with Crippen LogP contribution in [0.5, 0.6) is 0 Å². The molecule has 1 unspecified atom stereocenters. The Morgan fingerprint density at radius 2 is 1.77 bits per heavy atom. The predicted molar refractivity (Wildman–Crippen MR) is 101 cm³/mol. The molecule has 0 aliphatic carbocycles. The van der Waals surface area contributed by atoms with Crippen LogP contribution in [0, 0.1) is 0 Å². The topological polar surface area (TPSA) is 75.7 Å². The molecule has 0 saturated carbocycles. The van der Waals surface area contributed by atoms with Gasteiger partial charge in [-0.1, -0.05) is 29.8 Å². The first-order chi connectivity index (χ1) is 12.3. The van der Waals surface area contributed by atoms with Gasteiger partial charge in [-0.05, 0) is 30.3 Å². The van der Waals surface area contributed by atoms with Gasteiger partial charge >= 0.3 is 0 Å². The number of nitrogens with zero attached hydrogens (tertiary/aromatic N) is 1. The Morgan fingerprint density at radius 1 is 1.15 bits per heavy atom. The van der Waals surface area contributed by atoms with E-state index in [-0.39, 0.29) is 23.5 Å². The molecule has 140 valence electrons. The van der Waals surface area contributed by atoms with Crippen LogP contribution in [-0.4, -0.2) is 46.4 Å². The van der Waals surface area contributed by atoms with Crippen LogP contribution in [-0.2, 0) is 14.8 Å². The highest BCUT2D eigenvalue weighted by molar-refractivity contribution is 7.89. The van der Waals surface area contributed by atoms with Crippen LogP contribution in [0.3, 0.4) is 0 Å². The first-order valence-electron chi connectivity index (χ1n) is 7.85. The molecule has 1 amide bonds. The maximum Gasteiger partial charge on any atom is 0.251 e. The van der Waals surface area contributed by atoms with Crippen LogP contribution in [0.4, 0.5) is 0 Å². The maximum absolute atomic E-state index is 12.3. The number of ether oxygens (including phenoxy) is 1. The summed E-state index contributed by atoms with van der Waals surface area (Å²) in [6, 6.07) is 13.0. The molecule has 1 atom stereocenters. The number of carbonyl (C=O) groups excluding carboxylic acids is 1. The lowest BCUT2D eigenvalue weighted by molar-refractivity contribution is 0.0828. The molecule has 0 saturated heterocycles. The fourth-order valence-corrected chi connectivity index (χ4v) is 3.49. The third-order valence-corrected chi connectivity index (χ3v) is 6.05. The van der Waals surface area contributed by atoms with Crippen molar-refractivity contribution in [1.29, 1.82) is 0 Å². The molecule has 2 aromatic rings. The molecule has 1 N–H and O–H groups in total. The number of hydrogen-bond acceptors (Lipinski definition) is 4. The minimum Gasteiger partial charge on any atom is -0.375 e. The Kier molecular flexibility index (Phi) is 6.77. The van der Waals surface area contributed by atoms with Gasteiger partial charge in [0, 0.05) is 43.9 Å². The SMILES string of the molecule is COC(CNC(=O)c1ccc(S(=O)(=O)N(C)C)cc1)c1ccccc1Cl. The van der Waals surface area contributed by atoms with E-state index in [9.17, 15) is 13.2 Å². The number of hydrogen-bond donors (Lipinski definition) is 1. The molecule has 6 nitrogen and oxygen atoms in total. The molecule has 8 heteroatoms. The summed E-state index contributed by atoms with van der Waals surface area (Å²) in [6.45, 7) is 0.233. The summed E-state index contributed by atoms with van der Waals surface area (Å²) in [5.74, 6) is -0.326. The van der Waals surface area contributed by atoms with Crippen molar-refractivity contribution in [2.75, 3.05) is 27.7 Å². The second kappa shape index (κ2) is 8.64. The van der Waals surface area contributed by atoms with E-state index in [1.54, 1.807) is 13.2 Å². The minimum absolute atomic E-state index is 0.130. The Hall–Kier alpha value is -1.93. The average molecular weight is 397 g/mol. The second-order valence-corrected chi connectivity index (χ2v) is 8.33. The second-order valence-electron chi connectivity index (χ2n) is 5.77. The Balaban J connectivity index is 2.07. The first-order valence-corrected chi connectivity index (χ1v) is 9.67. The average Bonchev–Trinajstić information content (AvgIpc) is 2.63. The molecule has 0 radical (unpaired) electrons. The lowest BCUT2D eigenvalue weighted by Gasteiger charge is -2.18. The Labute approximate surface area is 158 Å². The Morgan fingerprint density at radius 3 is 2.31 bits per heavy atom. The minimum atomic E-state index is -3.52. The van der Waals surface area contributed by atoms with Crippen LogP contribution < -0.4 is 5.32 Å². The van der Waals surface area contributed by atoms with Crippen LogP contribution >= 0.6 is 11.6 Å². The van der Waals surface area contributed by atoms with Gasteiger partial charge in [-0.3, -0.25) is 4.79 Å². The quantitative estimate of drug-likeness (QED) is 0.780. The van der Waals surface area contributed by atoms with E-state index in [0.29, 0.717) is 10.6 Å². The third kappa shape index (κ3) is 4.62. The van der Waals surface area contributed by atoms with Crippen molar-refractivity contribution in [2.45, 2.75) is 11.0 Å². The summed E-state index contributed by atoms with van der Waals surface area (Å²) in [5.41, 5.74) is 1.14. The van der Waals surface area contributed by atoms with E-state index in [4.69, 9.17) is 16.3 Å². The van der Waals surface area contributed by atoms with Crippen LogP contribution in [0.25, 0.3) is 0 Å². The fraction of sp³-hybridized carbons (Fsp3) is 0.278. The smallest absolute Gasteiger partial charge is 0.251 e. The standard InChI is InChI=1S/C18H21ClN2O4S/c1-21(2)26(23,24)14-10-8-13(9-11-14)18(22)20-12-17(25-3)15-6-4-5-7-16(15)19/h4-11,17H,12H2,1-3H3,(H,20,22). The normalized spacial score (nSPS) is 12.8. The van der Waals surface area contributed by atoms with Crippen molar-refractivity contribution < 1.29 is 17.9 Å². The van der Waals surface area contributed by atoms with Gasteiger partial charge in [-0.15, -0.1) is 0 Å². The van der Waals surface area contributed by atoms with Gasteiger partial charge in [0.1, 0.15) is 6.10 Å². The fourth-order valence-electron chi connectivity index (χ4n) is 2.33. The van der Waals surface area contributed by atoms with Gasteiger partial charge in [0.15, 0.2) is 0 Å². The van der Waals surface area contributed by atoms with Gasteiger partial charge in [-0.25, -0.2) is 12.7 Å². The van der Waals surface area contributed by atoms with Gasteiger partial charge in [0.2, 0.25) is 10.0 Å². The molecular weight excluding hydrogens is 376 g/mol. The van der Waals surface area contributed by atoms with E-state index in [1.165, 1.54) is 38.4 Å². The van der Waals surface area contributed by atoms with Crippen molar-refractivity contribution in [3.05, 3.63) is 64.7 Å². The first kappa shape index (κ1) is 20.4. The van der Waals surface area contributed by atoms with Gasteiger partial charge in [0.25, 0.3) is 5.91 Å². The predicted octanol–water partition coefficient (Wildman–Crippen LogP) is 2.71. The summed E-state index contributed by atoms with van der Waals surface area (Å²) < 4.78 is 30.6. The molecule has 0 aromatic heterocycles. The van der Waals surface area contributed by atoms with Crippen molar-refractivity contribution in [1.82, 2.24) is 9.62 Å². The van der Waals surface area contributed by atoms with E-state index in [1.807, 2.05) is 18.2 Å². The summed E-state index contributed by atoms with van der Waals surface area (Å²) in [5, 5.41) is 3.34. The van der Waals surface area contributed by atoms with Gasteiger partial charge in [-0.2, -0.15) is 0 Å². The zero-order valence-electron chi connectivity index (χ0n) is 14.8. The number of sulfonamides is 1. The Bertz CT molecular complexity index is 867. The highest BCUT2D eigenvalue weighted by atomic mass is 35.5.